The van der Waals surface area contributed by atoms with Gasteiger partial charge in [0.2, 0.25) is 0 Å². The molecule has 2 aliphatic rings. The molecule has 1 aliphatic carbocycles. The number of hydrogen-bond acceptors (Lipinski definition) is 5. The van der Waals surface area contributed by atoms with Crippen molar-refractivity contribution in [2.45, 2.75) is 39.5 Å². The van der Waals surface area contributed by atoms with Gasteiger partial charge in [-0.05, 0) is 36.5 Å². The Balaban J connectivity index is 2.24. The van der Waals surface area contributed by atoms with E-state index in [4.69, 9.17) is 16.3 Å². The molecule has 5 nitrogen and oxygen atoms in total. The molecule has 0 radical (unpaired) electrons. The van der Waals surface area contributed by atoms with Gasteiger partial charge in [0.05, 0.1) is 29.7 Å². The van der Waals surface area contributed by atoms with E-state index in [0.717, 1.165) is 17.8 Å². The molecule has 1 atom stereocenters. The summed E-state index contributed by atoms with van der Waals surface area (Å²) in [6.07, 6.45) is 1.15. The molecule has 6 heteroatoms. The van der Waals surface area contributed by atoms with Crippen LogP contribution in [0.1, 0.15) is 45.1 Å². The first kappa shape index (κ1) is 18.3. The SMILES string of the molecule is COc1cc([C@H]2C(C#N)=C(C)NC3=C2C(=O)CC(C)(C)C3)cc(Cl)c1O. The summed E-state index contributed by atoms with van der Waals surface area (Å²) in [5.41, 5.74) is 3.18. The molecule has 3 rings (SSSR count). The number of nitrogens with one attached hydrogen (secondary N) is 1. The van der Waals surface area contributed by atoms with E-state index in [1.165, 1.54) is 7.11 Å². The van der Waals surface area contributed by atoms with E-state index in [9.17, 15) is 15.2 Å². The molecule has 1 aliphatic heterocycles. The molecule has 136 valence electrons. The van der Waals surface area contributed by atoms with Gasteiger partial charge in [-0.15, -0.1) is 0 Å². The number of methoxy groups -OCH3 is 1. The van der Waals surface area contributed by atoms with Crippen molar-refractivity contribution in [3.05, 3.63) is 45.3 Å². The normalized spacial score (nSPS) is 21.8. The summed E-state index contributed by atoms with van der Waals surface area (Å²) in [5, 5.41) is 23.1. The molecule has 0 fully saturated rings. The van der Waals surface area contributed by atoms with Crippen LogP contribution < -0.4 is 10.1 Å². The summed E-state index contributed by atoms with van der Waals surface area (Å²) >= 11 is 6.16. The highest BCUT2D eigenvalue weighted by atomic mass is 35.5. The number of phenolic OH excluding ortho intramolecular Hbond substituents is 1. The Morgan fingerprint density at radius 1 is 1.38 bits per heavy atom. The number of ether oxygens (including phenoxy) is 1. The maximum atomic E-state index is 13.0. The van der Waals surface area contributed by atoms with Crippen LogP contribution in [0.3, 0.4) is 0 Å². The maximum Gasteiger partial charge on any atom is 0.176 e. The Kier molecular flexibility index (Phi) is 4.49. The lowest BCUT2D eigenvalue weighted by Crippen LogP contribution is -2.36. The highest BCUT2D eigenvalue weighted by Crippen LogP contribution is 2.48. The lowest BCUT2D eigenvalue weighted by molar-refractivity contribution is -0.118. The van der Waals surface area contributed by atoms with Gasteiger partial charge in [-0.25, -0.2) is 0 Å². The van der Waals surface area contributed by atoms with Gasteiger partial charge in [0, 0.05) is 23.4 Å². The molecule has 26 heavy (non-hydrogen) atoms. The molecule has 0 saturated carbocycles. The maximum absolute atomic E-state index is 13.0. The Labute approximate surface area is 157 Å². The van der Waals surface area contributed by atoms with E-state index in [1.54, 1.807) is 12.1 Å². The number of nitriles is 1. The van der Waals surface area contributed by atoms with Crippen LogP contribution in [0, 0.1) is 16.7 Å². The first-order chi connectivity index (χ1) is 12.2. The van der Waals surface area contributed by atoms with Crippen LogP contribution in [0.2, 0.25) is 5.02 Å². The van der Waals surface area contributed by atoms with E-state index in [-0.39, 0.29) is 27.7 Å². The second kappa shape index (κ2) is 6.37. The van der Waals surface area contributed by atoms with Gasteiger partial charge in [-0.1, -0.05) is 25.4 Å². The van der Waals surface area contributed by atoms with Crippen LogP contribution in [-0.2, 0) is 4.79 Å². The second-order valence-electron chi connectivity index (χ2n) is 7.60. The highest BCUT2D eigenvalue weighted by Gasteiger charge is 2.41. The van der Waals surface area contributed by atoms with Crippen molar-refractivity contribution in [1.29, 1.82) is 5.26 Å². The smallest absolute Gasteiger partial charge is 0.176 e. The number of benzene rings is 1. The molecule has 1 aromatic rings. The van der Waals surface area contributed by atoms with E-state index in [2.05, 4.69) is 25.2 Å². The molecule has 0 aromatic heterocycles. The Hall–Kier alpha value is -2.45. The van der Waals surface area contributed by atoms with Crippen LogP contribution in [-0.4, -0.2) is 18.0 Å². The first-order valence-electron chi connectivity index (χ1n) is 8.39. The fourth-order valence-electron chi connectivity index (χ4n) is 3.83. The molecular formula is C20H21ClN2O3. The van der Waals surface area contributed by atoms with Crippen LogP contribution in [0.25, 0.3) is 0 Å². The third-order valence-electron chi connectivity index (χ3n) is 4.96. The van der Waals surface area contributed by atoms with Crippen molar-refractivity contribution >= 4 is 17.4 Å². The summed E-state index contributed by atoms with van der Waals surface area (Å²) in [4.78, 5) is 13.0. The van der Waals surface area contributed by atoms with Crippen molar-refractivity contribution in [1.82, 2.24) is 5.32 Å². The van der Waals surface area contributed by atoms with E-state index in [0.29, 0.717) is 23.1 Å². The van der Waals surface area contributed by atoms with E-state index < -0.39 is 5.92 Å². The average molecular weight is 373 g/mol. The number of carbonyl (C=O) groups is 1. The van der Waals surface area contributed by atoms with Crippen LogP contribution in [0.5, 0.6) is 11.5 Å². The molecule has 1 heterocycles. The lowest BCUT2D eigenvalue weighted by atomic mass is 9.69. The number of dihydropyridines is 1. The fourth-order valence-corrected chi connectivity index (χ4v) is 4.05. The summed E-state index contributed by atoms with van der Waals surface area (Å²) < 4.78 is 5.20. The average Bonchev–Trinajstić information content (AvgIpc) is 2.54. The summed E-state index contributed by atoms with van der Waals surface area (Å²) in [5.74, 6) is -0.438. The number of ketones is 1. The minimum absolute atomic E-state index is 0.0252. The van der Waals surface area contributed by atoms with Crippen molar-refractivity contribution in [3.63, 3.8) is 0 Å². The van der Waals surface area contributed by atoms with E-state index >= 15 is 0 Å². The largest absolute Gasteiger partial charge is 0.503 e. The summed E-state index contributed by atoms with van der Waals surface area (Å²) in [6, 6.07) is 5.47. The number of rotatable bonds is 2. The fraction of sp³-hybridized carbons (Fsp3) is 0.400. The van der Waals surface area contributed by atoms with Gasteiger partial charge in [0.1, 0.15) is 0 Å². The van der Waals surface area contributed by atoms with Crippen LogP contribution in [0.15, 0.2) is 34.7 Å². The zero-order chi connectivity index (χ0) is 19.2. The predicted molar refractivity (Wildman–Crippen MR) is 98.9 cm³/mol. The van der Waals surface area contributed by atoms with Crippen molar-refractivity contribution in [3.8, 4) is 17.6 Å². The van der Waals surface area contributed by atoms with E-state index in [1.807, 2.05) is 6.92 Å². The van der Waals surface area contributed by atoms with Gasteiger partial charge in [0.15, 0.2) is 17.3 Å². The quantitative estimate of drug-likeness (QED) is 0.813. The monoisotopic (exact) mass is 372 g/mol. The molecular weight excluding hydrogens is 352 g/mol. The number of nitrogens with zero attached hydrogens (tertiary/aromatic N) is 1. The minimum Gasteiger partial charge on any atom is -0.503 e. The molecule has 0 saturated heterocycles. The first-order valence-corrected chi connectivity index (χ1v) is 8.77. The van der Waals surface area contributed by atoms with Gasteiger partial charge in [-0.2, -0.15) is 5.26 Å². The van der Waals surface area contributed by atoms with Crippen molar-refractivity contribution < 1.29 is 14.6 Å². The molecule has 0 amide bonds. The van der Waals surface area contributed by atoms with Crippen LogP contribution >= 0.6 is 11.6 Å². The minimum atomic E-state index is -0.521. The number of allylic oxidation sites excluding steroid dienone is 4. The molecule has 2 N–H and O–H groups in total. The number of aromatic hydroxyl groups is 1. The van der Waals surface area contributed by atoms with Gasteiger partial charge in [0.25, 0.3) is 0 Å². The second-order valence-corrected chi connectivity index (χ2v) is 8.00. The lowest BCUT2D eigenvalue weighted by Gasteiger charge is -2.38. The zero-order valence-electron chi connectivity index (χ0n) is 15.2. The number of halogens is 1. The topological polar surface area (TPSA) is 82.3 Å². The molecule has 1 aromatic carbocycles. The number of phenols is 1. The molecule has 0 bridgehead atoms. The van der Waals surface area contributed by atoms with Gasteiger partial charge >= 0.3 is 0 Å². The molecule has 0 unspecified atom stereocenters. The number of carbonyl (C=O) groups excluding carboxylic acids is 1. The summed E-state index contributed by atoms with van der Waals surface area (Å²) in [7, 11) is 1.43. The molecule has 0 spiro atoms. The number of hydrogen-bond donors (Lipinski definition) is 2. The summed E-state index contributed by atoms with van der Waals surface area (Å²) in [6.45, 7) is 5.95. The third kappa shape index (κ3) is 2.95. The zero-order valence-corrected chi connectivity index (χ0v) is 16.0. The van der Waals surface area contributed by atoms with Crippen molar-refractivity contribution in [2.24, 2.45) is 5.41 Å². The Bertz CT molecular complexity index is 906. The van der Waals surface area contributed by atoms with Gasteiger partial charge in [-0.3, -0.25) is 4.79 Å². The Morgan fingerprint density at radius 3 is 2.69 bits per heavy atom. The van der Waals surface area contributed by atoms with Crippen molar-refractivity contribution in [2.75, 3.05) is 7.11 Å². The highest BCUT2D eigenvalue weighted by molar-refractivity contribution is 6.32. The predicted octanol–water partition coefficient (Wildman–Crippen LogP) is 4.18. The Morgan fingerprint density at radius 2 is 2.08 bits per heavy atom. The third-order valence-corrected chi connectivity index (χ3v) is 5.25. The number of Topliss-reactive ketones (excluding diaryl/α,β-unsaturated/α-hetero) is 1. The standard InChI is InChI=1S/C20H21ClN2O3/c1-10-12(9-22)17(11-5-13(21)19(25)16(6-11)26-4)18-14(23-10)7-20(2,3)8-15(18)24/h5-6,17,23,25H,7-8H2,1-4H3/t17-/m0/s1. The van der Waals surface area contributed by atoms with Crippen LogP contribution in [0.4, 0.5) is 0 Å². The van der Waals surface area contributed by atoms with Gasteiger partial charge < -0.3 is 15.2 Å².